The quantitative estimate of drug-likeness (QED) is 0.827. The van der Waals surface area contributed by atoms with Crippen LogP contribution < -0.4 is 10.6 Å². The number of hydrogen-bond donors (Lipinski definition) is 1. The molecule has 2 aromatic rings. The van der Waals surface area contributed by atoms with Crippen LogP contribution in [0.1, 0.15) is 19.3 Å². The van der Waals surface area contributed by atoms with Crippen molar-refractivity contribution in [2.24, 2.45) is 5.73 Å². The molecule has 0 atom stereocenters. The topological polar surface area (TPSA) is 42.1 Å². The fourth-order valence-electron chi connectivity index (χ4n) is 2.23. The Labute approximate surface area is 122 Å². The highest BCUT2D eigenvalue weighted by Crippen LogP contribution is 2.29. The number of pyridine rings is 1. The van der Waals surface area contributed by atoms with Crippen LogP contribution in [-0.2, 0) is 0 Å². The first-order chi connectivity index (χ1) is 9.24. The molecule has 0 aliphatic rings. The minimum atomic E-state index is 0.781. The van der Waals surface area contributed by atoms with Gasteiger partial charge in [-0.25, -0.2) is 4.98 Å². The van der Waals surface area contributed by atoms with E-state index in [1.54, 1.807) is 0 Å². The van der Waals surface area contributed by atoms with E-state index in [1.807, 2.05) is 12.3 Å². The van der Waals surface area contributed by atoms with Crippen LogP contribution in [0.3, 0.4) is 0 Å². The second-order valence-electron chi connectivity index (χ2n) is 4.74. The summed E-state index contributed by atoms with van der Waals surface area (Å²) in [5, 5.41) is 2.40. The molecule has 0 fully saturated rings. The molecule has 2 rings (SSSR count). The Morgan fingerprint density at radius 3 is 2.79 bits per heavy atom. The Morgan fingerprint density at radius 1 is 1.16 bits per heavy atom. The summed E-state index contributed by atoms with van der Waals surface area (Å²) < 4.78 is 1.12. The van der Waals surface area contributed by atoms with E-state index in [4.69, 9.17) is 5.73 Å². The summed E-state index contributed by atoms with van der Waals surface area (Å²) in [6.45, 7) is 1.79. The summed E-state index contributed by atoms with van der Waals surface area (Å²) in [7, 11) is 2.10. The summed E-state index contributed by atoms with van der Waals surface area (Å²) in [5.74, 6) is 1.05. The predicted molar refractivity (Wildman–Crippen MR) is 85.6 cm³/mol. The van der Waals surface area contributed by atoms with Gasteiger partial charge in [-0.15, -0.1) is 0 Å². The largest absolute Gasteiger partial charge is 0.359 e. The maximum atomic E-state index is 5.52. The molecule has 0 saturated carbocycles. The van der Waals surface area contributed by atoms with Crippen molar-refractivity contribution >= 4 is 32.5 Å². The van der Waals surface area contributed by atoms with Gasteiger partial charge in [0.25, 0.3) is 0 Å². The summed E-state index contributed by atoms with van der Waals surface area (Å²) >= 11 is 3.59. The Balaban J connectivity index is 2.17. The second kappa shape index (κ2) is 6.87. The van der Waals surface area contributed by atoms with Gasteiger partial charge in [0.2, 0.25) is 0 Å². The van der Waals surface area contributed by atoms with Crippen LogP contribution in [0.2, 0.25) is 0 Å². The lowest BCUT2D eigenvalue weighted by Gasteiger charge is -2.20. The number of unbranched alkanes of at least 4 members (excludes halogenated alkanes) is 2. The van der Waals surface area contributed by atoms with E-state index in [-0.39, 0.29) is 0 Å². The minimum absolute atomic E-state index is 0.781. The first kappa shape index (κ1) is 14.3. The molecule has 0 spiro atoms. The molecule has 1 aromatic carbocycles. The number of halogens is 1. The van der Waals surface area contributed by atoms with Gasteiger partial charge in [-0.05, 0) is 31.5 Å². The molecule has 0 unspecified atom stereocenters. The van der Waals surface area contributed by atoms with Crippen LogP contribution in [0.15, 0.2) is 34.9 Å². The SMILES string of the molecule is CN(CCCCCN)c1nccc2c(Br)cccc12. The number of nitrogens with two attached hydrogens (primary N) is 1. The first-order valence-electron chi connectivity index (χ1n) is 6.68. The van der Waals surface area contributed by atoms with E-state index in [0.29, 0.717) is 0 Å². The predicted octanol–water partition coefficient (Wildman–Crippen LogP) is 3.56. The molecule has 0 radical (unpaired) electrons. The first-order valence-corrected chi connectivity index (χ1v) is 7.48. The highest BCUT2D eigenvalue weighted by molar-refractivity contribution is 9.10. The van der Waals surface area contributed by atoms with Gasteiger partial charge in [0.05, 0.1) is 0 Å². The van der Waals surface area contributed by atoms with Crippen molar-refractivity contribution in [3.63, 3.8) is 0 Å². The second-order valence-corrected chi connectivity index (χ2v) is 5.59. The van der Waals surface area contributed by atoms with E-state index in [9.17, 15) is 0 Å². The zero-order valence-electron chi connectivity index (χ0n) is 11.3. The van der Waals surface area contributed by atoms with Crippen molar-refractivity contribution in [1.29, 1.82) is 0 Å². The Kier molecular flexibility index (Phi) is 5.16. The number of anilines is 1. The lowest BCUT2D eigenvalue weighted by molar-refractivity contribution is 0.677. The van der Waals surface area contributed by atoms with Gasteiger partial charge in [0.15, 0.2) is 0 Å². The van der Waals surface area contributed by atoms with Gasteiger partial charge in [-0.3, -0.25) is 0 Å². The Bertz CT molecular complexity index is 542. The molecule has 1 heterocycles. The van der Waals surface area contributed by atoms with E-state index in [1.165, 1.54) is 17.2 Å². The molecule has 0 bridgehead atoms. The lowest BCUT2D eigenvalue weighted by Crippen LogP contribution is -2.20. The monoisotopic (exact) mass is 321 g/mol. The molecule has 3 nitrogen and oxygen atoms in total. The molecule has 102 valence electrons. The van der Waals surface area contributed by atoms with Crippen molar-refractivity contribution < 1.29 is 0 Å². The molecular weight excluding hydrogens is 302 g/mol. The third kappa shape index (κ3) is 3.45. The van der Waals surface area contributed by atoms with Crippen LogP contribution in [-0.4, -0.2) is 25.1 Å². The Hall–Kier alpha value is -1.13. The van der Waals surface area contributed by atoms with Crippen molar-refractivity contribution in [2.75, 3.05) is 25.0 Å². The highest BCUT2D eigenvalue weighted by Gasteiger charge is 2.08. The number of fused-ring (bicyclic) bond motifs is 1. The molecule has 1 aromatic heterocycles. The third-order valence-electron chi connectivity index (χ3n) is 3.29. The van der Waals surface area contributed by atoms with Crippen LogP contribution in [0.25, 0.3) is 10.8 Å². The van der Waals surface area contributed by atoms with Crippen molar-refractivity contribution in [1.82, 2.24) is 4.98 Å². The average molecular weight is 322 g/mol. The van der Waals surface area contributed by atoms with E-state index >= 15 is 0 Å². The van der Waals surface area contributed by atoms with Gasteiger partial charge >= 0.3 is 0 Å². The van der Waals surface area contributed by atoms with Crippen LogP contribution in [0.5, 0.6) is 0 Å². The average Bonchev–Trinajstić information content (AvgIpc) is 2.43. The molecule has 0 amide bonds. The maximum absolute atomic E-state index is 5.52. The number of nitrogens with zero attached hydrogens (tertiary/aromatic N) is 2. The van der Waals surface area contributed by atoms with E-state index in [2.05, 4.69) is 51.1 Å². The van der Waals surface area contributed by atoms with Gasteiger partial charge in [-0.2, -0.15) is 0 Å². The fourth-order valence-corrected chi connectivity index (χ4v) is 2.73. The zero-order valence-corrected chi connectivity index (χ0v) is 12.9. The molecule has 19 heavy (non-hydrogen) atoms. The zero-order chi connectivity index (χ0) is 13.7. The summed E-state index contributed by atoms with van der Waals surface area (Å²) in [6, 6.07) is 8.29. The number of benzene rings is 1. The summed E-state index contributed by atoms with van der Waals surface area (Å²) in [6.07, 6.45) is 5.30. The molecule has 2 N–H and O–H groups in total. The highest BCUT2D eigenvalue weighted by atomic mass is 79.9. The standard InChI is InChI=1S/C15H20BrN3/c1-19(11-4-2-3-9-17)15-13-6-5-7-14(16)12(13)8-10-18-15/h5-8,10H,2-4,9,11,17H2,1H3. The smallest absolute Gasteiger partial charge is 0.136 e. The summed E-state index contributed by atoms with van der Waals surface area (Å²) in [5.41, 5.74) is 5.52. The van der Waals surface area contributed by atoms with Crippen LogP contribution >= 0.6 is 15.9 Å². The minimum Gasteiger partial charge on any atom is -0.359 e. The molecule has 0 saturated heterocycles. The van der Waals surface area contributed by atoms with E-state index in [0.717, 1.165) is 36.2 Å². The number of rotatable bonds is 6. The molecular formula is C15H20BrN3. The van der Waals surface area contributed by atoms with Crippen molar-refractivity contribution in [2.45, 2.75) is 19.3 Å². The van der Waals surface area contributed by atoms with Gasteiger partial charge in [0, 0.05) is 35.0 Å². The summed E-state index contributed by atoms with van der Waals surface area (Å²) in [4.78, 5) is 6.75. The Morgan fingerprint density at radius 2 is 2.00 bits per heavy atom. The van der Waals surface area contributed by atoms with Crippen LogP contribution in [0.4, 0.5) is 5.82 Å². The van der Waals surface area contributed by atoms with E-state index < -0.39 is 0 Å². The van der Waals surface area contributed by atoms with Gasteiger partial charge in [0.1, 0.15) is 5.82 Å². The molecule has 4 heteroatoms. The molecule has 0 aliphatic heterocycles. The van der Waals surface area contributed by atoms with Gasteiger partial charge < -0.3 is 10.6 Å². The maximum Gasteiger partial charge on any atom is 0.136 e. The third-order valence-corrected chi connectivity index (χ3v) is 3.98. The molecule has 0 aliphatic carbocycles. The van der Waals surface area contributed by atoms with Crippen molar-refractivity contribution in [3.05, 3.63) is 34.9 Å². The van der Waals surface area contributed by atoms with Gasteiger partial charge in [-0.1, -0.05) is 34.5 Å². The number of aromatic nitrogens is 1. The fraction of sp³-hybridized carbons (Fsp3) is 0.400. The normalized spacial score (nSPS) is 10.9. The number of hydrogen-bond acceptors (Lipinski definition) is 3. The lowest BCUT2D eigenvalue weighted by atomic mass is 10.1. The van der Waals surface area contributed by atoms with Crippen molar-refractivity contribution in [3.8, 4) is 0 Å². The van der Waals surface area contributed by atoms with Crippen LogP contribution in [0, 0.1) is 0 Å².